The van der Waals surface area contributed by atoms with Gasteiger partial charge >= 0.3 is 0 Å². The van der Waals surface area contributed by atoms with Crippen LogP contribution in [0, 0.1) is 0 Å². The van der Waals surface area contributed by atoms with Gasteiger partial charge in [0.2, 0.25) is 0 Å². The van der Waals surface area contributed by atoms with E-state index in [-0.39, 0.29) is 28.1 Å². The molecular weight excluding hydrogens is 388 g/mol. The van der Waals surface area contributed by atoms with Crippen LogP contribution in [-0.4, -0.2) is 40.5 Å². The lowest BCUT2D eigenvalue weighted by molar-refractivity contribution is -0.887. The number of rotatable bonds is 8. The largest absolute Gasteiger partial charge is 0.455 e. The van der Waals surface area contributed by atoms with Crippen molar-refractivity contribution >= 4 is 27.3 Å². The van der Waals surface area contributed by atoms with E-state index in [0.717, 1.165) is 13.0 Å². The van der Waals surface area contributed by atoms with Crippen molar-refractivity contribution in [3.63, 3.8) is 0 Å². The Morgan fingerprint density at radius 3 is 2.52 bits per heavy atom. The molecule has 0 saturated carbocycles. The van der Waals surface area contributed by atoms with E-state index in [1.54, 1.807) is 4.90 Å². The summed E-state index contributed by atoms with van der Waals surface area (Å²) >= 11 is 5.79. The van der Waals surface area contributed by atoms with E-state index in [2.05, 4.69) is 5.32 Å². The van der Waals surface area contributed by atoms with Crippen LogP contribution < -0.4 is 10.2 Å². The zero-order chi connectivity index (χ0) is 19.3. The van der Waals surface area contributed by atoms with E-state index in [4.69, 9.17) is 16.0 Å². The minimum atomic E-state index is -3.56. The van der Waals surface area contributed by atoms with Gasteiger partial charge in [0.1, 0.15) is 11.5 Å². The van der Waals surface area contributed by atoms with Crippen molar-refractivity contribution in [3.8, 4) is 0 Å². The highest BCUT2D eigenvalue weighted by atomic mass is 35.5. The van der Waals surface area contributed by atoms with Crippen LogP contribution in [0.4, 0.5) is 0 Å². The number of likely N-dealkylation sites (tertiary alicyclic amines) is 1. The van der Waals surface area contributed by atoms with Crippen LogP contribution >= 0.6 is 11.6 Å². The second kappa shape index (κ2) is 8.91. The molecule has 146 valence electrons. The normalized spacial score (nSPS) is 15.1. The SMILES string of the molecule is O=C(NCCC[NH+]1CCCC1)c1ccc(CS(=O)(=O)c2ccc(Cl)cc2)o1. The van der Waals surface area contributed by atoms with Gasteiger partial charge in [-0.25, -0.2) is 8.42 Å². The lowest BCUT2D eigenvalue weighted by Crippen LogP contribution is -3.10. The highest BCUT2D eigenvalue weighted by Crippen LogP contribution is 2.20. The predicted molar refractivity (Wildman–Crippen MR) is 103 cm³/mol. The number of halogens is 1. The molecule has 8 heteroatoms. The average Bonchev–Trinajstić information content (AvgIpc) is 3.30. The first-order chi connectivity index (χ1) is 12.9. The number of benzene rings is 1. The molecule has 2 N–H and O–H groups in total. The molecule has 0 unspecified atom stereocenters. The number of hydrogen-bond donors (Lipinski definition) is 2. The van der Waals surface area contributed by atoms with Crippen LogP contribution in [0.2, 0.25) is 5.02 Å². The van der Waals surface area contributed by atoms with Gasteiger partial charge in [-0.05, 0) is 36.4 Å². The van der Waals surface area contributed by atoms with Crippen molar-refractivity contribution in [2.24, 2.45) is 0 Å². The molecule has 3 rings (SSSR count). The summed E-state index contributed by atoms with van der Waals surface area (Å²) in [5, 5.41) is 3.30. The number of amides is 1. The number of carbonyl (C=O) groups is 1. The van der Waals surface area contributed by atoms with Gasteiger partial charge in [0.05, 0.1) is 24.5 Å². The van der Waals surface area contributed by atoms with Gasteiger partial charge in [-0.1, -0.05) is 11.6 Å². The Bertz CT molecular complexity index is 871. The Morgan fingerprint density at radius 1 is 1.11 bits per heavy atom. The Balaban J connectivity index is 1.51. The van der Waals surface area contributed by atoms with Crippen LogP contribution in [0.15, 0.2) is 45.7 Å². The second-order valence-electron chi connectivity index (χ2n) is 6.80. The maximum absolute atomic E-state index is 12.4. The second-order valence-corrected chi connectivity index (χ2v) is 9.22. The van der Waals surface area contributed by atoms with Crippen molar-refractivity contribution in [1.82, 2.24) is 5.32 Å². The Kier molecular flexibility index (Phi) is 6.57. The molecule has 1 aromatic carbocycles. The molecule has 0 radical (unpaired) electrons. The molecular formula is C19H24ClN2O4S+. The lowest BCUT2D eigenvalue weighted by Gasteiger charge is -2.11. The van der Waals surface area contributed by atoms with Crippen molar-refractivity contribution in [2.45, 2.75) is 29.9 Å². The molecule has 1 aliphatic rings. The molecule has 0 atom stereocenters. The predicted octanol–water partition coefficient (Wildman–Crippen LogP) is 1.71. The zero-order valence-corrected chi connectivity index (χ0v) is 16.6. The van der Waals surface area contributed by atoms with Gasteiger partial charge in [-0.15, -0.1) is 0 Å². The summed E-state index contributed by atoms with van der Waals surface area (Å²) in [5.74, 6) is -0.261. The van der Waals surface area contributed by atoms with Crippen molar-refractivity contribution in [3.05, 3.63) is 52.9 Å². The first-order valence-corrected chi connectivity index (χ1v) is 11.2. The topological polar surface area (TPSA) is 80.8 Å². The molecule has 1 amide bonds. The third-order valence-corrected chi connectivity index (χ3v) is 6.60. The van der Waals surface area contributed by atoms with Crippen LogP contribution in [0.25, 0.3) is 0 Å². The van der Waals surface area contributed by atoms with E-state index in [9.17, 15) is 13.2 Å². The van der Waals surface area contributed by atoms with E-state index in [1.165, 1.54) is 62.3 Å². The molecule has 0 spiro atoms. The fourth-order valence-corrected chi connectivity index (χ4v) is 4.62. The number of furan rings is 1. The maximum Gasteiger partial charge on any atom is 0.286 e. The first-order valence-electron chi connectivity index (χ1n) is 9.13. The molecule has 2 heterocycles. The molecule has 0 bridgehead atoms. The number of carbonyl (C=O) groups excluding carboxylic acids is 1. The van der Waals surface area contributed by atoms with Gasteiger partial charge in [0.25, 0.3) is 5.91 Å². The van der Waals surface area contributed by atoms with Crippen LogP contribution in [0.1, 0.15) is 35.6 Å². The molecule has 0 aliphatic carbocycles. The van der Waals surface area contributed by atoms with Gasteiger partial charge in [0, 0.05) is 30.8 Å². The number of sulfone groups is 1. The summed E-state index contributed by atoms with van der Waals surface area (Å²) in [6.07, 6.45) is 3.49. The molecule has 6 nitrogen and oxygen atoms in total. The smallest absolute Gasteiger partial charge is 0.286 e. The first kappa shape index (κ1) is 19.9. The molecule has 1 aliphatic heterocycles. The Labute approximate surface area is 164 Å². The van der Waals surface area contributed by atoms with Gasteiger partial charge in [-0.2, -0.15) is 0 Å². The van der Waals surface area contributed by atoms with Crippen molar-refractivity contribution in [2.75, 3.05) is 26.2 Å². The summed E-state index contributed by atoms with van der Waals surface area (Å²) in [7, 11) is -3.56. The third-order valence-electron chi connectivity index (χ3n) is 4.69. The Hall–Kier alpha value is -1.83. The zero-order valence-electron chi connectivity index (χ0n) is 15.0. The minimum absolute atomic E-state index is 0.129. The summed E-state index contributed by atoms with van der Waals surface area (Å²) in [6, 6.07) is 9.00. The molecule has 27 heavy (non-hydrogen) atoms. The molecule has 2 aromatic rings. The number of nitrogens with one attached hydrogen (secondary N) is 2. The summed E-state index contributed by atoms with van der Waals surface area (Å²) in [6.45, 7) is 4.08. The fourth-order valence-electron chi connectivity index (χ4n) is 3.24. The fraction of sp³-hybridized carbons (Fsp3) is 0.421. The van der Waals surface area contributed by atoms with Gasteiger partial charge in [0.15, 0.2) is 15.6 Å². The van der Waals surface area contributed by atoms with Crippen LogP contribution in [0.5, 0.6) is 0 Å². The van der Waals surface area contributed by atoms with Crippen LogP contribution in [-0.2, 0) is 15.6 Å². The maximum atomic E-state index is 12.4. The van der Waals surface area contributed by atoms with E-state index in [0.29, 0.717) is 11.6 Å². The Morgan fingerprint density at radius 2 is 1.81 bits per heavy atom. The van der Waals surface area contributed by atoms with E-state index in [1.807, 2.05) is 0 Å². The minimum Gasteiger partial charge on any atom is -0.455 e. The van der Waals surface area contributed by atoms with Gasteiger partial charge < -0.3 is 14.6 Å². The molecule has 1 fully saturated rings. The number of hydrogen-bond acceptors (Lipinski definition) is 4. The van der Waals surface area contributed by atoms with Gasteiger partial charge in [-0.3, -0.25) is 4.79 Å². The average molecular weight is 412 g/mol. The van der Waals surface area contributed by atoms with Crippen molar-refractivity contribution in [1.29, 1.82) is 0 Å². The highest BCUT2D eigenvalue weighted by Gasteiger charge is 2.19. The van der Waals surface area contributed by atoms with Crippen molar-refractivity contribution < 1.29 is 22.5 Å². The quantitative estimate of drug-likeness (QED) is 0.648. The lowest BCUT2D eigenvalue weighted by atomic mass is 10.3. The summed E-state index contributed by atoms with van der Waals surface area (Å²) < 4.78 is 30.3. The number of quaternary nitrogens is 1. The molecule has 1 aromatic heterocycles. The molecule has 1 saturated heterocycles. The third kappa shape index (κ3) is 5.57. The standard InChI is InChI=1S/C19H23ClN2O4S/c20-15-4-7-17(8-5-15)27(24,25)14-16-6-9-18(26-16)19(23)21-10-3-13-22-11-1-2-12-22/h4-9H,1-3,10-14H2,(H,21,23)/p+1. The summed E-state index contributed by atoms with van der Waals surface area (Å²) in [5.41, 5.74) is 0. The van der Waals surface area contributed by atoms with Crippen LogP contribution in [0.3, 0.4) is 0 Å². The monoisotopic (exact) mass is 411 g/mol. The summed E-state index contributed by atoms with van der Waals surface area (Å²) in [4.78, 5) is 13.9. The van der Waals surface area contributed by atoms with E-state index >= 15 is 0 Å². The highest BCUT2D eigenvalue weighted by molar-refractivity contribution is 7.90. The van der Waals surface area contributed by atoms with E-state index < -0.39 is 9.84 Å².